The summed E-state index contributed by atoms with van der Waals surface area (Å²) in [6.45, 7) is 10.3. The predicted octanol–water partition coefficient (Wildman–Crippen LogP) is 2.97. The molecule has 0 aromatic heterocycles. The lowest BCUT2D eigenvalue weighted by Gasteiger charge is -2.35. The minimum atomic E-state index is -0.113. The Labute approximate surface area is 101 Å². The Hall–Kier alpha value is -0.520. The zero-order chi connectivity index (χ0) is 12.4. The zero-order valence-corrected chi connectivity index (χ0v) is 11.3. The Morgan fingerprint density at radius 1 is 1.38 bits per heavy atom. The average molecular weight is 225 g/mol. The largest absolute Gasteiger partial charge is 0.374 e. The number of hydrogen-bond donors (Lipinski definition) is 1. The molecular weight excluding hydrogens is 198 g/mol. The van der Waals surface area contributed by atoms with E-state index in [2.05, 4.69) is 32.0 Å². The van der Waals surface area contributed by atoms with E-state index < -0.39 is 0 Å². The van der Waals surface area contributed by atoms with Gasteiger partial charge in [-0.05, 0) is 46.6 Å². The van der Waals surface area contributed by atoms with Gasteiger partial charge in [0.05, 0.1) is 5.60 Å². The standard InChI is InChI=1S/C14H27NO/c1-6-9-10-11-13(15-12-7-2)14(4,5)16-8-3/h1,13,15H,7-12H2,2-5H3. The van der Waals surface area contributed by atoms with Gasteiger partial charge in [0.1, 0.15) is 0 Å². The van der Waals surface area contributed by atoms with Crippen molar-refractivity contribution in [2.24, 2.45) is 0 Å². The molecule has 0 bridgehead atoms. The van der Waals surface area contributed by atoms with E-state index in [-0.39, 0.29) is 5.60 Å². The maximum absolute atomic E-state index is 5.81. The summed E-state index contributed by atoms with van der Waals surface area (Å²) >= 11 is 0. The first-order valence-corrected chi connectivity index (χ1v) is 6.39. The average Bonchev–Trinajstić information content (AvgIpc) is 2.22. The van der Waals surface area contributed by atoms with Gasteiger partial charge in [0.15, 0.2) is 0 Å². The smallest absolute Gasteiger partial charge is 0.0778 e. The summed E-state index contributed by atoms with van der Waals surface area (Å²) in [5.74, 6) is 2.69. The lowest BCUT2D eigenvalue weighted by molar-refractivity contribution is -0.0403. The number of terminal acetylenes is 1. The molecule has 0 radical (unpaired) electrons. The number of ether oxygens (including phenoxy) is 1. The lowest BCUT2D eigenvalue weighted by atomic mass is 9.93. The molecule has 0 fully saturated rings. The molecule has 0 aromatic rings. The summed E-state index contributed by atoms with van der Waals surface area (Å²) < 4.78 is 5.81. The molecule has 2 nitrogen and oxygen atoms in total. The molecule has 2 heteroatoms. The van der Waals surface area contributed by atoms with Crippen LogP contribution in [0.25, 0.3) is 0 Å². The second kappa shape index (κ2) is 8.61. The van der Waals surface area contributed by atoms with E-state index in [0.717, 1.165) is 38.8 Å². The van der Waals surface area contributed by atoms with E-state index in [1.165, 1.54) is 0 Å². The molecule has 1 N–H and O–H groups in total. The summed E-state index contributed by atoms with van der Waals surface area (Å²) in [6, 6.07) is 0.390. The third-order valence-electron chi connectivity index (χ3n) is 2.81. The van der Waals surface area contributed by atoms with E-state index in [4.69, 9.17) is 11.2 Å². The van der Waals surface area contributed by atoms with Crippen molar-refractivity contribution in [3.63, 3.8) is 0 Å². The molecule has 1 unspecified atom stereocenters. The van der Waals surface area contributed by atoms with E-state index in [0.29, 0.717) is 6.04 Å². The van der Waals surface area contributed by atoms with Crippen LogP contribution in [0.4, 0.5) is 0 Å². The van der Waals surface area contributed by atoms with Crippen LogP contribution in [0.5, 0.6) is 0 Å². The number of nitrogens with one attached hydrogen (secondary N) is 1. The molecule has 0 aliphatic heterocycles. The topological polar surface area (TPSA) is 21.3 Å². The van der Waals surface area contributed by atoms with Crippen molar-refractivity contribution < 1.29 is 4.74 Å². The van der Waals surface area contributed by atoms with Crippen LogP contribution in [-0.4, -0.2) is 24.8 Å². The Balaban J connectivity index is 4.22. The van der Waals surface area contributed by atoms with Crippen molar-refractivity contribution in [2.45, 2.75) is 65.0 Å². The molecule has 0 amide bonds. The third kappa shape index (κ3) is 6.15. The molecule has 94 valence electrons. The highest BCUT2D eigenvalue weighted by Gasteiger charge is 2.28. The summed E-state index contributed by atoms with van der Waals surface area (Å²) in [5.41, 5.74) is -0.113. The quantitative estimate of drug-likeness (QED) is 0.481. The summed E-state index contributed by atoms with van der Waals surface area (Å²) in [4.78, 5) is 0. The highest BCUT2D eigenvalue weighted by atomic mass is 16.5. The number of rotatable bonds is 9. The highest BCUT2D eigenvalue weighted by molar-refractivity contribution is 4.88. The third-order valence-corrected chi connectivity index (χ3v) is 2.81. The van der Waals surface area contributed by atoms with Gasteiger partial charge in [-0.2, -0.15) is 0 Å². The monoisotopic (exact) mass is 225 g/mol. The highest BCUT2D eigenvalue weighted by Crippen LogP contribution is 2.19. The van der Waals surface area contributed by atoms with Gasteiger partial charge in [-0.3, -0.25) is 0 Å². The van der Waals surface area contributed by atoms with Crippen molar-refractivity contribution in [1.82, 2.24) is 5.32 Å². The molecule has 1 atom stereocenters. The molecule has 0 aromatic carbocycles. The van der Waals surface area contributed by atoms with E-state index >= 15 is 0 Å². The van der Waals surface area contributed by atoms with Crippen LogP contribution in [0.1, 0.15) is 53.4 Å². The van der Waals surface area contributed by atoms with Crippen molar-refractivity contribution in [3.05, 3.63) is 0 Å². The molecule has 0 heterocycles. The van der Waals surface area contributed by atoms with Crippen LogP contribution in [-0.2, 0) is 4.74 Å². The normalized spacial score (nSPS) is 13.4. The van der Waals surface area contributed by atoms with Crippen molar-refractivity contribution in [2.75, 3.05) is 13.2 Å². The minimum absolute atomic E-state index is 0.113. The Kier molecular flexibility index (Phi) is 8.33. The van der Waals surface area contributed by atoms with E-state index in [1.54, 1.807) is 0 Å². The van der Waals surface area contributed by atoms with Gasteiger partial charge < -0.3 is 10.1 Å². The fourth-order valence-electron chi connectivity index (χ4n) is 1.89. The van der Waals surface area contributed by atoms with Crippen molar-refractivity contribution >= 4 is 0 Å². The van der Waals surface area contributed by atoms with Crippen LogP contribution in [0.15, 0.2) is 0 Å². The summed E-state index contributed by atoms with van der Waals surface area (Å²) in [7, 11) is 0. The second-order valence-electron chi connectivity index (χ2n) is 4.64. The van der Waals surface area contributed by atoms with Crippen molar-refractivity contribution in [3.8, 4) is 12.3 Å². The minimum Gasteiger partial charge on any atom is -0.374 e. The van der Waals surface area contributed by atoms with Gasteiger partial charge in [-0.1, -0.05) is 6.92 Å². The van der Waals surface area contributed by atoms with Gasteiger partial charge in [0.2, 0.25) is 0 Å². The Morgan fingerprint density at radius 3 is 2.56 bits per heavy atom. The maximum atomic E-state index is 5.81. The Bertz CT molecular complexity index is 205. The molecule has 0 aliphatic rings. The molecular formula is C14H27NO. The van der Waals surface area contributed by atoms with Gasteiger partial charge in [0, 0.05) is 19.1 Å². The first-order chi connectivity index (χ1) is 7.58. The molecule has 0 aliphatic carbocycles. The van der Waals surface area contributed by atoms with Crippen LogP contribution in [0, 0.1) is 12.3 Å². The van der Waals surface area contributed by atoms with Crippen LogP contribution < -0.4 is 5.32 Å². The number of hydrogen-bond acceptors (Lipinski definition) is 2. The SMILES string of the molecule is C#CCCCC(NCCC)C(C)(C)OCC. The van der Waals surface area contributed by atoms with Gasteiger partial charge >= 0.3 is 0 Å². The van der Waals surface area contributed by atoms with Gasteiger partial charge in [0.25, 0.3) is 0 Å². The van der Waals surface area contributed by atoms with Crippen LogP contribution in [0.2, 0.25) is 0 Å². The van der Waals surface area contributed by atoms with Crippen molar-refractivity contribution in [1.29, 1.82) is 0 Å². The Morgan fingerprint density at radius 2 is 2.06 bits per heavy atom. The van der Waals surface area contributed by atoms with E-state index in [9.17, 15) is 0 Å². The van der Waals surface area contributed by atoms with E-state index in [1.807, 2.05) is 6.92 Å². The summed E-state index contributed by atoms with van der Waals surface area (Å²) in [5, 5.41) is 3.56. The zero-order valence-electron chi connectivity index (χ0n) is 11.3. The fraction of sp³-hybridized carbons (Fsp3) is 0.857. The molecule has 0 saturated carbocycles. The van der Waals surface area contributed by atoms with Gasteiger partial charge in [-0.25, -0.2) is 0 Å². The van der Waals surface area contributed by atoms with Crippen LogP contribution >= 0.6 is 0 Å². The fourth-order valence-corrected chi connectivity index (χ4v) is 1.89. The second-order valence-corrected chi connectivity index (χ2v) is 4.64. The molecule has 0 spiro atoms. The summed E-state index contributed by atoms with van der Waals surface area (Å²) in [6.07, 6.45) is 9.43. The first-order valence-electron chi connectivity index (χ1n) is 6.39. The maximum Gasteiger partial charge on any atom is 0.0778 e. The molecule has 0 rings (SSSR count). The number of unbranched alkanes of at least 4 members (excludes halogenated alkanes) is 1. The predicted molar refractivity (Wildman–Crippen MR) is 70.5 cm³/mol. The lowest BCUT2D eigenvalue weighted by Crippen LogP contribution is -2.48. The molecule has 16 heavy (non-hydrogen) atoms. The van der Waals surface area contributed by atoms with Crippen LogP contribution in [0.3, 0.4) is 0 Å². The van der Waals surface area contributed by atoms with Gasteiger partial charge in [-0.15, -0.1) is 12.3 Å². The molecule has 0 saturated heterocycles. The first kappa shape index (κ1) is 15.5.